The summed E-state index contributed by atoms with van der Waals surface area (Å²) in [7, 11) is 0. The maximum Gasteiger partial charge on any atom is 0.135 e. The Balaban J connectivity index is 0.913. The number of aromatic nitrogens is 5. The number of benzene rings is 4. The minimum absolute atomic E-state index is 0.00505. The summed E-state index contributed by atoms with van der Waals surface area (Å²) >= 11 is 0. The molecule has 3 aliphatic rings. The van der Waals surface area contributed by atoms with Crippen LogP contribution in [0, 0.1) is 5.92 Å². The monoisotopic (exact) mass is 838 g/mol. The summed E-state index contributed by atoms with van der Waals surface area (Å²) in [6.07, 6.45) is 17.8. The Morgan fingerprint density at radius 2 is 1.25 bits per heavy atom. The molecule has 0 saturated carbocycles. The SMILES string of the molecule is CC1Cc2c(c3ncccc3n2-c2ccc3oc4ccc(N5c6cccnc6C6(C)C=C(c7ccccc7-c7ccccn7)C=CC56)cc4c3c2)C=C1c1ccccc1-c1ccccn1. The quantitative estimate of drug-likeness (QED) is 0.166. The highest BCUT2D eigenvalue weighted by Crippen LogP contribution is 2.53. The average molecular weight is 839 g/mol. The smallest absolute Gasteiger partial charge is 0.135 e. The molecule has 310 valence electrons. The first-order valence-electron chi connectivity index (χ1n) is 22.4. The van der Waals surface area contributed by atoms with E-state index in [2.05, 4.69) is 163 Å². The van der Waals surface area contributed by atoms with E-state index in [-0.39, 0.29) is 12.0 Å². The van der Waals surface area contributed by atoms with Crippen molar-refractivity contribution in [2.45, 2.75) is 31.7 Å². The van der Waals surface area contributed by atoms with Crippen molar-refractivity contribution in [3.63, 3.8) is 0 Å². The van der Waals surface area contributed by atoms with Crippen molar-refractivity contribution in [2.75, 3.05) is 4.90 Å². The lowest BCUT2D eigenvalue weighted by Crippen LogP contribution is -2.40. The van der Waals surface area contributed by atoms with E-state index in [9.17, 15) is 0 Å². The lowest BCUT2D eigenvalue weighted by molar-refractivity contribution is 0.541. The van der Waals surface area contributed by atoms with Crippen LogP contribution >= 0.6 is 0 Å². The standard InChI is InChI=1S/C58H42N6O/c1-36-31-52-47(34-44(36)41-14-4-6-16-43(41)49-18-8-10-28-60-49)56-50(19-11-29-61-56)63(52)38-22-24-53-45(32-38)46-33-39(23-25-54(46)65-53)64-51-20-12-30-62-57(51)58(2)35-37(21-26-55(58)64)40-13-3-5-15-42(40)48-17-7-9-27-59-48/h3-30,32-36,55H,31H2,1-2H3. The molecule has 4 aromatic carbocycles. The van der Waals surface area contributed by atoms with Gasteiger partial charge in [0.1, 0.15) is 11.2 Å². The van der Waals surface area contributed by atoms with Crippen LogP contribution in [-0.2, 0) is 11.8 Å². The lowest BCUT2D eigenvalue weighted by Gasteiger charge is -2.35. The van der Waals surface area contributed by atoms with E-state index in [1.54, 1.807) is 0 Å². The average Bonchev–Trinajstić information content (AvgIpc) is 3.98. The van der Waals surface area contributed by atoms with E-state index in [4.69, 9.17) is 24.4 Å². The minimum atomic E-state index is -0.396. The van der Waals surface area contributed by atoms with Crippen molar-refractivity contribution in [1.82, 2.24) is 24.5 Å². The third kappa shape index (κ3) is 5.75. The molecule has 0 bridgehead atoms. The number of nitrogens with zero attached hydrogens (tertiary/aromatic N) is 6. The number of hydrogen-bond acceptors (Lipinski definition) is 6. The molecule has 3 unspecified atom stereocenters. The number of rotatable bonds is 6. The molecule has 0 saturated heterocycles. The molecular formula is C58H42N6O. The lowest BCUT2D eigenvalue weighted by atomic mass is 9.75. The van der Waals surface area contributed by atoms with Gasteiger partial charge in [0, 0.05) is 69.3 Å². The number of allylic oxidation sites excluding steroid dienone is 3. The van der Waals surface area contributed by atoms with Crippen molar-refractivity contribution >= 4 is 61.6 Å². The van der Waals surface area contributed by atoms with Gasteiger partial charge in [0.25, 0.3) is 0 Å². The van der Waals surface area contributed by atoms with Crippen LogP contribution in [0.3, 0.4) is 0 Å². The van der Waals surface area contributed by atoms with Gasteiger partial charge in [-0.1, -0.05) is 85.8 Å². The molecule has 0 amide bonds. The normalized spacial score (nSPS) is 18.7. The largest absolute Gasteiger partial charge is 0.456 e. The fourth-order valence-corrected chi connectivity index (χ4v) is 10.9. The Morgan fingerprint density at radius 1 is 0.615 bits per heavy atom. The maximum absolute atomic E-state index is 6.58. The number of hydrogen-bond donors (Lipinski definition) is 0. The second kappa shape index (κ2) is 14.4. The maximum atomic E-state index is 6.58. The van der Waals surface area contributed by atoms with Crippen LogP contribution in [0.1, 0.15) is 41.9 Å². The topological polar surface area (TPSA) is 72.9 Å². The molecule has 7 heterocycles. The number of furan rings is 1. The summed E-state index contributed by atoms with van der Waals surface area (Å²) in [4.78, 5) is 22.0. The van der Waals surface area contributed by atoms with Gasteiger partial charge in [-0.25, -0.2) is 0 Å². The fraction of sp³-hybridized carbons (Fsp3) is 0.103. The first-order valence-corrected chi connectivity index (χ1v) is 22.4. The van der Waals surface area contributed by atoms with Crippen LogP contribution < -0.4 is 4.90 Å². The highest BCUT2D eigenvalue weighted by molar-refractivity contribution is 6.08. The van der Waals surface area contributed by atoms with E-state index in [1.165, 1.54) is 22.4 Å². The predicted molar refractivity (Wildman–Crippen MR) is 263 cm³/mol. The molecule has 0 radical (unpaired) electrons. The van der Waals surface area contributed by atoms with E-state index >= 15 is 0 Å². The van der Waals surface area contributed by atoms with Crippen LogP contribution in [0.15, 0.2) is 193 Å². The highest BCUT2D eigenvalue weighted by atomic mass is 16.3. The van der Waals surface area contributed by atoms with Crippen molar-refractivity contribution in [2.24, 2.45) is 5.92 Å². The summed E-state index contributed by atoms with van der Waals surface area (Å²) in [5.74, 6) is 0.260. The van der Waals surface area contributed by atoms with Gasteiger partial charge in [-0.05, 0) is 133 Å². The van der Waals surface area contributed by atoms with Crippen LogP contribution in [0.4, 0.5) is 11.4 Å². The molecule has 3 atom stereocenters. The van der Waals surface area contributed by atoms with Crippen LogP contribution in [0.5, 0.6) is 0 Å². The Bertz CT molecular complexity index is 3640. The molecular weight excluding hydrogens is 797 g/mol. The zero-order valence-electron chi connectivity index (χ0n) is 35.9. The molecule has 6 aromatic heterocycles. The van der Waals surface area contributed by atoms with E-state index in [0.717, 1.165) is 95.8 Å². The fourth-order valence-electron chi connectivity index (χ4n) is 10.9. The molecule has 13 rings (SSSR count). The summed E-state index contributed by atoms with van der Waals surface area (Å²) < 4.78 is 9.00. The molecule has 0 fully saturated rings. The number of anilines is 2. The summed E-state index contributed by atoms with van der Waals surface area (Å²) in [5, 5.41) is 2.15. The van der Waals surface area contributed by atoms with Gasteiger partial charge < -0.3 is 13.9 Å². The molecule has 7 heteroatoms. The Kier molecular flexibility index (Phi) is 8.31. The number of fused-ring (bicyclic) bond motifs is 9. The van der Waals surface area contributed by atoms with E-state index in [0.29, 0.717) is 0 Å². The number of pyridine rings is 4. The van der Waals surface area contributed by atoms with Crippen molar-refractivity contribution in [1.29, 1.82) is 0 Å². The summed E-state index contributed by atoms with van der Waals surface area (Å²) in [5.41, 5.74) is 19.2. The first-order chi connectivity index (χ1) is 32.0. The van der Waals surface area contributed by atoms with Gasteiger partial charge in [0.15, 0.2) is 0 Å². The van der Waals surface area contributed by atoms with Crippen molar-refractivity contribution < 1.29 is 4.42 Å². The van der Waals surface area contributed by atoms with Crippen molar-refractivity contribution in [3.8, 4) is 28.2 Å². The van der Waals surface area contributed by atoms with E-state index < -0.39 is 5.41 Å². The van der Waals surface area contributed by atoms with E-state index in [1.807, 2.05) is 55.1 Å². The van der Waals surface area contributed by atoms with Gasteiger partial charge in [-0.2, -0.15) is 0 Å². The molecule has 0 spiro atoms. The molecule has 2 aliphatic carbocycles. The van der Waals surface area contributed by atoms with Crippen LogP contribution in [0.25, 0.3) is 78.4 Å². The van der Waals surface area contributed by atoms with Gasteiger partial charge in [-0.15, -0.1) is 0 Å². The second-order valence-corrected chi connectivity index (χ2v) is 17.7. The zero-order valence-corrected chi connectivity index (χ0v) is 35.9. The minimum Gasteiger partial charge on any atom is -0.456 e. The second-order valence-electron chi connectivity index (χ2n) is 17.7. The zero-order chi connectivity index (χ0) is 43.2. The van der Waals surface area contributed by atoms with Crippen molar-refractivity contribution in [3.05, 3.63) is 217 Å². The molecule has 65 heavy (non-hydrogen) atoms. The van der Waals surface area contributed by atoms with Crippen LogP contribution in [-0.4, -0.2) is 30.5 Å². The highest BCUT2D eigenvalue weighted by Gasteiger charge is 2.48. The van der Waals surface area contributed by atoms with Gasteiger partial charge in [0.05, 0.1) is 45.3 Å². The molecule has 1 aliphatic heterocycles. The van der Waals surface area contributed by atoms with Gasteiger partial charge >= 0.3 is 0 Å². The summed E-state index contributed by atoms with van der Waals surface area (Å²) in [6, 6.07) is 51.1. The van der Waals surface area contributed by atoms with Gasteiger partial charge in [0.2, 0.25) is 0 Å². The third-order valence-electron chi connectivity index (χ3n) is 13.9. The Labute approximate surface area is 376 Å². The van der Waals surface area contributed by atoms with Crippen LogP contribution in [0.2, 0.25) is 0 Å². The molecule has 0 N–H and O–H groups in total. The third-order valence-corrected chi connectivity index (χ3v) is 13.9. The first kappa shape index (κ1) is 37.4. The predicted octanol–water partition coefficient (Wildman–Crippen LogP) is 13.6. The molecule has 10 aromatic rings. The van der Waals surface area contributed by atoms with Gasteiger partial charge in [-0.3, -0.25) is 19.9 Å². The Morgan fingerprint density at radius 3 is 1.98 bits per heavy atom. The molecule has 7 nitrogen and oxygen atoms in total. The Hall–Kier alpha value is -8.16. The summed E-state index contributed by atoms with van der Waals surface area (Å²) in [6.45, 7) is 4.66.